The molecule has 4 rings (SSSR count). The SMILES string of the molecule is CCOC(=O)COc1cccc(CCCn2cc(-c3ccccc3-c3cc(C)ccc3C)ccc2=O)c1. The zero-order valence-corrected chi connectivity index (χ0v) is 21.7. The Morgan fingerprint density at radius 3 is 2.49 bits per heavy atom. The first-order valence-corrected chi connectivity index (χ1v) is 12.7. The Hall–Kier alpha value is -4.12. The molecule has 0 saturated carbocycles. The van der Waals surface area contributed by atoms with Gasteiger partial charge in [-0.15, -0.1) is 0 Å². The molecule has 4 aromatic rings. The van der Waals surface area contributed by atoms with Crippen molar-refractivity contribution in [3.63, 3.8) is 0 Å². The van der Waals surface area contributed by atoms with Crippen molar-refractivity contribution in [2.45, 2.75) is 40.2 Å². The highest BCUT2D eigenvalue weighted by Gasteiger charge is 2.11. The van der Waals surface area contributed by atoms with Gasteiger partial charge in [0, 0.05) is 18.8 Å². The van der Waals surface area contributed by atoms with E-state index in [4.69, 9.17) is 9.47 Å². The fraction of sp³-hybridized carbons (Fsp3) is 0.250. The van der Waals surface area contributed by atoms with Crippen LogP contribution < -0.4 is 10.3 Å². The number of hydrogen-bond donors (Lipinski definition) is 0. The van der Waals surface area contributed by atoms with Crippen LogP contribution in [0, 0.1) is 13.8 Å². The standard InChI is InChI=1S/C32H33NO4/c1-4-36-32(35)22-37-27-11-7-9-25(20-27)10-8-18-33-21-26(16-17-31(33)34)28-12-5-6-13-29(28)30-19-23(2)14-15-24(30)3/h5-7,9,11-17,19-21H,4,8,10,18,22H2,1-3H3. The second-order valence-electron chi connectivity index (χ2n) is 9.16. The highest BCUT2D eigenvalue weighted by atomic mass is 16.6. The molecule has 0 fully saturated rings. The van der Waals surface area contributed by atoms with E-state index >= 15 is 0 Å². The number of rotatable bonds is 10. The van der Waals surface area contributed by atoms with Crippen molar-refractivity contribution in [3.05, 3.63) is 112 Å². The summed E-state index contributed by atoms with van der Waals surface area (Å²) in [7, 11) is 0. The number of aryl methyl sites for hydroxylation is 4. The number of aromatic nitrogens is 1. The average molecular weight is 496 g/mol. The Balaban J connectivity index is 1.48. The molecule has 0 N–H and O–H groups in total. The number of carbonyl (C=O) groups excluding carboxylic acids is 1. The predicted molar refractivity (Wildman–Crippen MR) is 148 cm³/mol. The molecule has 37 heavy (non-hydrogen) atoms. The lowest BCUT2D eigenvalue weighted by atomic mass is 9.92. The van der Waals surface area contributed by atoms with Gasteiger partial charge >= 0.3 is 5.97 Å². The van der Waals surface area contributed by atoms with Gasteiger partial charge in [0.15, 0.2) is 6.61 Å². The van der Waals surface area contributed by atoms with Crippen LogP contribution in [0.25, 0.3) is 22.3 Å². The molecule has 0 spiro atoms. The van der Waals surface area contributed by atoms with Gasteiger partial charge in [0.25, 0.3) is 5.56 Å². The van der Waals surface area contributed by atoms with Crippen molar-refractivity contribution < 1.29 is 14.3 Å². The van der Waals surface area contributed by atoms with E-state index in [-0.39, 0.29) is 18.1 Å². The maximum atomic E-state index is 12.7. The average Bonchev–Trinajstić information content (AvgIpc) is 2.90. The van der Waals surface area contributed by atoms with Gasteiger partial charge < -0.3 is 14.0 Å². The van der Waals surface area contributed by atoms with Crippen LogP contribution in [0.1, 0.15) is 30.0 Å². The van der Waals surface area contributed by atoms with E-state index in [0.717, 1.165) is 35.1 Å². The molecule has 3 aromatic carbocycles. The summed E-state index contributed by atoms with van der Waals surface area (Å²) in [5.74, 6) is 0.249. The lowest BCUT2D eigenvalue weighted by Crippen LogP contribution is -2.19. The molecule has 0 aliphatic rings. The van der Waals surface area contributed by atoms with E-state index < -0.39 is 0 Å². The molecule has 5 nitrogen and oxygen atoms in total. The molecule has 190 valence electrons. The molecule has 1 heterocycles. The van der Waals surface area contributed by atoms with Crippen LogP contribution in [0.4, 0.5) is 0 Å². The molecule has 0 aliphatic heterocycles. The van der Waals surface area contributed by atoms with Crippen molar-refractivity contribution in [2.24, 2.45) is 0 Å². The van der Waals surface area contributed by atoms with Crippen molar-refractivity contribution in [1.29, 1.82) is 0 Å². The third kappa shape index (κ3) is 6.76. The van der Waals surface area contributed by atoms with Gasteiger partial charge in [0.05, 0.1) is 6.61 Å². The van der Waals surface area contributed by atoms with Crippen molar-refractivity contribution >= 4 is 5.97 Å². The summed E-state index contributed by atoms with van der Waals surface area (Å²) in [4.78, 5) is 24.2. The van der Waals surface area contributed by atoms with Crippen LogP contribution >= 0.6 is 0 Å². The summed E-state index contributed by atoms with van der Waals surface area (Å²) in [6.45, 7) is 6.83. The minimum Gasteiger partial charge on any atom is -0.482 e. The van der Waals surface area contributed by atoms with Crippen LogP contribution in [-0.2, 0) is 22.5 Å². The topological polar surface area (TPSA) is 57.5 Å². The van der Waals surface area contributed by atoms with E-state index in [1.807, 2.05) is 42.6 Å². The Labute approximate surface area is 218 Å². The maximum absolute atomic E-state index is 12.7. The third-order valence-electron chi connectivity index (χ3n) is 6.33. The molecule has 0 unspecified atom stereocenters. The number of nitrogens with zero attached hydrogens (tertiary/aromatic N) is 1. The van der Waals surface area contributed by atoms with Crippen LogP contribution in [0.5, 0.6) is 5.75 Å². The number of hydrogen-bond acceptors (Lipinski definition) is 4. The first kappa shape index (κ1) is 26.0. The minimum absolute atomic E-state index is 0.0144. The molecule has 0 amide bonds. The summed E-state index contributed by atoms with van der Waals surface area (Å²) < 4.78 is 12.2. The lowest BCUT2D eigenvalue weighted by molar-refractivity contribution is -0.145. The van der Waals surface area contributed by atoms with Gasteiger partial charge in [0.2, 0.25) is 0 Å². The number of esters is 1. The van der Waals surface area contributed by atoms with Crippen molar-refractivity contribution in [3.8, 4) is 28.0 Å². The first-order chi connectivity index (χ1) is 17.9. The molecule has 0 atom stereocenters. The van der Waals surface area contributed by atoms with Gasteiger partial charge in [0.1, 0.15) is 5.75 Å². The Kier molecular flexibility index (Phi) is 8.57. The fourth-order valence-corrected chi connectivity index (χ4v) is 4.45. The molecule has 1 aromatic heterocycles. The van der Waals surface area contributed by atoms with Gasteiger partial charge in [-0.05, 0) is 85.2 Å². The van der Waals surface area contributed by atoms with Gasteiger partial charge in [-0.25, -0.2) is 4.79 Å². The van der Waals surface area contributed by atoms with Gasteiger partial charge in [-0.1, -0.05) is 60.2 Å². The van der Waals surface area contributed by atoms with Crippen LogP contribution in [0.3, 0.4) is 0 Å². The maximum Gasteiger partial charge on any atom is 0.344 e. The summed E-state index contributed by atoms with van der Waals surface area (Å²) in [5, 5.41) is 0. The van der Waals surface area contributed by atoms with Crippen LogP contribution in [0.15, 0.2) is 89.9 Å². The summed E-state index contributed by atoms with van der Waals surface area (Å²) in [5.41, 5.74) is 8.01. The summed E-state index contributed by atoms with van der Waals surface area (Å²) in [6.07, 6.45) is 3.54. The summed E-state index contributed by atoms with van der Waals surface area (Å²) >= 11 is 0. The van der Waals surface area contributed by atoms with E-state index in [1.54, 1.807) is 17.6 Å². The Morgan fingerprint density at radius 2 is 1.68 bits per heavy atom. The first-order valence-electron chi connectivity index (χ1n) is 12.7. The van der Waals surface area contributed by atoms with Crippen molar-refractivity contribution in [1.82, 2.24) is 4.57 Å². The number of ether oxygens (including phenoxy) is 2. The third-order valence-corrected chi connectivity index (χ3v) is 6.33. The molecule has 5 heteroatoms. The van der Waals surface area contributed by atoms with Crippen LogP contribution in [0.2, 0.25) is 0 Å². The number of carbonyl (C=O) groups is 1. The van der Waals surface area contributed by atoms with E-state index in [2.05, 4.69) is 50.2 Å². The van der Waals surface area contributed by atoms with E-state index in [9.17, 15) is 9.59 Å². The zero-order chi connectivity index (χ0) is 26.2. The van der Waals surface area contributed by atoms with Gasteiger partial charge in [-0.3, -0.25) is 4.79 Å². The minimum atomic E-state index is -0.383. The van der Waals surface area contributed by atoms with Crippen LogP contribution in [-0.4, -0.2) is 23.8 Å². The highest BCUT2D eigenvalue weighted by Crippen LogP contribution is 2.34. The van der Waals surface area contributed by atoms with Gasteiger partial charge in [-0.2, -0.15) is 0 Å². The predicted octanol–water partition coefficient (Wildman–Crippen LogP) is 6.37. The highest BCUT2D eigenvalue weighted by molar-refractivity contribution is 5.84. The number of benzene rings is 3. The summed E-state index contributed by atoms with van der Waals surface area (Å²) in [6, 6.07) is 26.1. The zero-order valence-electron chi connectivity index (χ0n) is 21.7. The second kappa shape index (κ2) is 12.2. The Bertz CT molecular complexity index is 1440. The normalized spacial score (nSPS) is 10.8. The molecule has 0 aliphatic carbocycles. The second-order valence-corrected chi connectivity index (χ2v) is 9.16. The molecule has 0 bridgehead atoms. The molecule has 0 saturated heterocycles. The number of pyridine rings is 1. The molecular formula is C32H33NO4. The van der Waals surface area contributed by atoms with Crippen molar-refractivity contribution in [2.75, 3.05) is 13.2 Å². The Morgan fingerprint density at radius 1 is 0.865 bits per heavy atom. The fourth-order valence-electron chi connectivity index (χ4n) is 4.45. The molecule has 0 radical (unpaired) electrons. The van der Waals surface area contributed by atoms with E-state index in [1.165, 1.54) is 16.7 Å². The largest absolute Gasteiger partial charge is 0.482 e. The van der Waals surface area contributed by atoms with E-state index in [0.29, 0.717) is 18.9 Å². The lowest BCUT2D eigenvalue weighted by Gasteiger charge is -2.15. The smallest absolute Gasteiger partial charge is 0.344 e. The molecular weight excluding hydrogens is 462 g/mol. The quantitative estimate of drug-likeness (QED) is 0.240. The monoisotopic (exact) mass is 495 g/mol.